The average molecular weight is 417 g/mol. The fraction of sp³-hybridized carbons (Fsp3) is 0.316. The lowest BCUT2D eigenvalue weighted by Gasteiger charge is -2.34. The number of sulfone groups is 1. The van der Waals surface area contributed by atoms with Crippen LogP contribution in [-0.2, 0) is 9.84 Å². The lowest BCUT2D eigenvalue weighted by molar-refractivity contribution is 0.0746. The first kappa shape index (κ1) is 18.8. The van der Waals surface area contributed by atoms with Gasteiger partial charge in [-0.05, 0) is 36.4 Å². The topological polar surface area (TPSA) is 83.5 Å². The number of hydrogen-bond donors (Lipinski definition) is 0. The number of amides is 1. The molecule has 146 valence electrons. The van der Waals surface area contributed by atoms with Crippen LogP contribution in [0.5, 0.6) is 0 Å². The highest BCUT2D eigenvalue weighted by Crippen LogP contribution is 2.27. The van der Waals surface area contributed by atoms with E-state index < -0.39 is 9.84 Å². The van der Waals surface area contributed by atoms with Crippen molar-refractivity contribution in [2.24, 2.45) is 0 Å². The largest absolute Gasteiger partial charge is 0.344 e. The van der Waals surface area contributed by atoms with E-state index in [0.717, 1.165) is 15.5 Å². The van der Waals surface area contributed by atoms with E-state index >= 15 is 0 Å². The molecule has 4 rings (SSSR count). The van der Waals surface area contributed by atoms with E-state index in [-0.39, 0.29) is 16.6 Å². The normalized spacial score (nSPS) is 15.2. The number of thiazole rings is 1. The number of piperazine rings is 1. The molecule has 1 fully saturated rings. The van der Waals surface area contributed by atoms with Gasteiger partial charge in [0.25, 0.3) is 5.91 Å². The second-order valence-corrected chi connectivity index (χ2v) is 9.77. The lowest BCUT2D eigenvalue weighted by atomic mass is 10.2. The van der Waals surface area contributed by atoms with Crippen molar-refractivity contribution in [3.05, 3.63) is 48.2 Å². The molecule has 28 heavy (non-hydrogen) atoms. The number of fused-ring (bicyclic) bond motifs is 1. The molecule has 3 heterocycles. The third-order valence-corrected chi connectivity index (χ3v) is 7.62. The lowest BCUT2D eigenvalue weighted by Crippen LogP contribution is -2.48. The van der Waals surface area contributed by atoms with E-state index in [1.807, 2.05) is 12.1 Å². The van der Waals surface area contributed by atoms with Crippen LogP contribution >= 0.6 is 11.3 Å². The number of carbonyl (C=O) groups excluding carboxylic acids is 1. The Morgan fingerprint density at radius 2 is 1.82 bits per heavy atom. The first-order valence-electron chi connectivity index (χ1n) is 9.06. The highest BCUT2D eigenvalue weighted by atomic mass is 32.2. The van der Waals surface area contributed by atoms with Gasteiger partial charge in [-0.15, -0.1) is 0 Å². The third kappa shape index (κ3) is 3.59. The van der Waals surface area contributed by atoms with Gasteiger partial charge in [-0.3, -0.25) is 4.79 Å². The molecule has 9 heteroatoms. The van der Waals surface area contributed by atoms with Crippen LogP contribution in [0.15, 0.2) is 47.5 Å². The Morgan fingerprint density at radius 1 is 1.11 bits per heavy atom. The minimum absolute atomic E-state index is 0.0452. The standard InChI is InChI=1S/C19H20N4O3S2/c1-2-28(25,26)15-7-5-14(6-8-15)18(24)22-10-12-23(13-11-22)19-21-16-4-3-9-20-17(16)27-19/h3-9H,2,10-13H2,1H3. The molecule has 2 aromatic heterocycles. The molecular weight excluding hydrogens is 396 g/mol. The van der Waals surface area contributed by atoms with Gasteiger partial charge >= 0.3 is 0 Å². The van der Waals surface area contributed by atoms with Gasteiger partial charge < -0.3 is 9.80 Å². The van der Waals surface area contributed by atoms with Gasteiger partial charge in [0.15, 0.2) is 15.0 Å². The summed E-state index contributed by atoms with van der Waals surface area (Å²) in [5.74, 6) is -0.0325. The summed E-state index contributed by atoms with van der Waals surface area (Å²) in [5.41, 5.74) is 1.40. The molecular formula is C19H20N4O3S2. The number of pyridine rings is 1. The summed E-state index contributed by atoms with van der Waals surface area (Å²) in [6, 6.07) is 10.0. The van der Waals surface area contributed by atoms with Crippen molar-refractivity contribution in [3.63, 3.8) is 0 Å². The summed E-state index contributed by atoms with van der Waals surface area (Å²) >= 11 is 1.56. The summed E-state index contributed by atoms with van der Waals surface area (Å²) in [7, 11) is -3.26. The van der Waals surface area contributed by atoms with Crippen molar-refractivity contribution in [1.82, 2.24) is 14.9 Å². The molecule has 0 bridgehead atoms. The van der Waals surface area contributed by atoms with Crippen LogP contribution in [0.3, 0.4) is 0 Å². The molecule has 0 aliphatic carbocycles. The van der Waals surface area contributed by atoms with Crippen LogP contribution in [-0.4, -0.2) is 61.1 Å². The molecule has 0 N–H and O–H groups in total. The van der Waals surface area contributed by atoms with E-state index in [4.69, 9.17) is 0 Å². The molecule has 0 saturated carbocycles. The molecule has 0 spiro atoms. The number of nitrogens with zero attached hydrogens (tertiary/aromatic N) is 4. The minimum atomic E-state index is -3.26. The van der Waals surface area contributed by atoms with Crippen LogP contribution in [0.25, 0.3) is 10.3 Å². The van der Waals surface area contributed by atoms with Crippen LogP contribution in [0.4, 0.5) is 5.13 Å². The number of aromatic nitrogens is 2. The van der Waals surface area contributed by atoms with Gasteiger partial charge in [-0.2, -0.15) is 0 Å². The molecule has 1 saturated heterocycles. The molecule has 3 aromatic rings. The van der Waals surface area contributed by atoms with Crippen molar-refractivity contribution in [3.8, 4) is 0 Å². The van der Waals surface area contributed by atoms with Gasteiger partial charge in [0, 0.05) is 37.9 Å². The SMILES string of the molecule is CCS(=O)(=O)c1ccc(C(=O)N2CCN(c3nc4cccnc4s3)CC2)cc1. The maximum atomic E-state index is 12.7. The van der Waals surface area contributed by atoms with Crippen LogP contribution < -0.4 is 4.90 Å². The van der Waals surface area contributed by atoms with E-state index in [1.54, 1.807) is 41.5 Å². The average Bonchev–Trinajstić information content (AvgIpc) is 3.18. The van der Waals surface area contributed by atoms with Crippen LogP contribution in [0.2, 0.25) is 0 Å². The summed E-state index contributed by atoms with van der Waals surface area (Å²) in [6.07, 6.45) is 1.76. The zero-order valence-corrected chi connectivity index (χ0v) is 17.0. The predicted octanol–water partition coefficient (Wildman–Crippen LogP) is 2.45. The number of carbonyl (C=O) groups is 1. The van der Waals surface area contributed by atoms with Crippen molar-refractivity contribution in [2.45, 2.75) is 11.8 Å². The molecule has 1 aliphatic heterocycles. The van der Waals surface area contributed by atoms with Crippen molar-refractivity contribution < 1.29 is 13.2 Å². The number of rotatable bonds is 4. The van der Waals surface area contributed by atoms with E-state index in [1.165, 1.54) is 12.1 Å². The molecule has 0 unspecified atom stereocenters. The number of benzene rings is 1. The third-order valence-electron chi connectivity index (χ3n) is 4.83. The summed E-state index contributed by atoms with van der Waals surface area (Å²) in [5, 5.41) is 0.926. The first-order valence-corrected chi connectivity index (χ1v) is 11.5. The van der Waals surface area contributed by atoms with Crippen LogP contribution in [0.1, 0.15) is 17.3 Å². The Bertz CT molecular complexity index is 1070. The molecule has 1 amide bonds. The summed E-state index contributed by atoms with van der Waals surface area (Å²) in [4.78, 5) is 26.8. The maximum absolute atomic E-state index is 12.7. The smallest absolute Gasteiger partial charge is 0.253 e. The Morgan fingerprint density at radius 3 is 2.46 bits per heavy atom. The Labute approximate surface area is 167 Å². The Balaban J connectivity index is 1.42. The maximum Gasteiger partial charge on any atom is 0.253 e. The van der Waals surface area contributed by atoms with Gasteiger partial charge in [0.1, 0.15) is 10.3 Å². The van der Waals surface area contributed by atoms with E-state index in [0.29, 0.717) is 31.7 Å². The van der Waals surface area contributed by atoms with Crippen molar-refractivity contribution in [2.75, 3.05) is 36.8 Å². The zero-order chi connectivity index (χ0) is 19.7. The zero-order valence-electron chi connectivity index (χ0n) is 15.4. The minimum Gasteiger partial charge on any atom is -0.344 e. The second-order valence-electron chi connectivity index (χ2n) is 6.53. The van der Waals surface area contributed by atoms with Crippen molar-refractivity contribution in [1.29, 1.82) is 0 Å². The fourth-order valence-electron chi connectivity index (χ4n) is 3.15. The summed E-state index contributed by atoms with van der Waals surface area (Å²) < 4.78 is 23.8. The number of anilines is 1. The molecule has 0 radical (unpaired) electrons. The Kier molecular flexibility index (Phi) is 5.03. The Hall–Kier alpha value is -2.52. The second kappa shape index (κ2) is 7.48. The van der Waals surface area contributed by atoms with Crippen molar-refractivity contribution >= 4 is 42.6 Å². The molecule has 1 aliphatic rings. The molecule has 1 aromatic carbocycles. The van der Waals surface area contributed by atoms with E-state index in [9.17, 15) is 13.2 Å². The first-order chi connectivity index (χ1) is 13.5. The van der Waals surface area contributed by atoms with Gasteiger partial charge in [-0.1, -0.05) is 18.3 Å². The van der Waals surface area contributed by atoms with E-state index in [2.05, 4.69) is 14.9 Å². The quantitative estimate of drug-likeness (QED) is 0.650. The summed E-state index contributed by atoms with van der Waals surface area (Å²) in [6.45, 7) is 4.20. The molecule has 7 nitrogen and oxygen atoms in total. The van der Waals surface area contributed by atoms with Gasteiger partial charge in [0.05, 0.1) is 10.6 Å². The highest BCUT2D eigenvalue weighted by Gasteiger charge is 2.24. The monoisotopic (exact) mass is 416 g/mol. The highest BCUT2D eigenvalue weighted by molar-refractivity contribution is 7.91. The van der Waals surface area contributed by atoms with Gasteiger partial charge in [0.2, 0.25) is 0 Å². The molecule has 0 atom stereocenters. The predicted molar refractivity (Wildman–Crippen MR) is 110 cm³/mol. The van der Waals surface area contributed by atoms with Gasteiger partial charge in [-0.25, -0.2) is 18.4 Å². The fourth-order valence-corrected chi connectivity index (χ4v) is 4.99. The number of hydrogen-bond acceptors (Lipinski definition) is 7. The van der Waals surface area contributed by atoms with Crippen LogP contribution in [0, 0.1) is 0 Å².